The van der Waals surface area contributed by atoms with Crippen LogP contribution in [0.5, 0.6) is 23.3 Å². The van der Waals surface area contributed by atoms with Crippen molar-refractivity contribution in [3.63, 3.8) is 0 Å². The molecule has 0 amide bonds. The molecule has 1 aliphatic rings. The monoisotopic (exact) mass is 502 g/mol. The molecule has 9 heteroatoms. The molecule has 3 aromatic carbocycles. The molecule has 0 saturated heterocycles. The lowest BCUT2D eigenvalue weighted by Crippen LogP contribution is -2.16. The summed E-state index contributed by atoms with van der Waals surface area (Å²) in [6.45, 7) is 1.97. The quantitative estimate of drug-likeness (QED) is 0.349. The first kappa shape index (κ1) is 22.1. The van der Waals surface area contributed by atoms with Crippen molar-refractivity contribution < 1.29 is 14.6 Å². The number of fused-ring (bicyclic) bond motifs is 4. The van der Waals surface area contributed by atoms with Crippen LogP contribution in [0.4, 0.5) is 0 Å². The van der Waals surface area contributed by atoms with E-state index < -0.39 is 0 Å². The fourth-order valence-electron chi connectivity index (χ4n) is 5.12. The molecule has 0 aliphatic carbocycles. The van der Waals surface area contributed by atoms with Gasteiger partial charge in [0.2, 0.25) is 11.8 Å². The molecule has 7 rings (SSSR count). The SMILES string of the molecule is COc1ccccc1C1c2c(C)nn(-c3ccccc3)c2Oc2ncn3nc(-c4ccccc4O)nc3c21. The Hall–Kier alpha value is -5.18. The summed E-state index contributed by atoms with van der Waals surface area (Å²) in [6, 6.07) is 24.7. The van der Waals surface area contributed by atoms with Crippen LogP contribution >= 0.6 is 0 Å². The number of aromatic nitrogens is 6. The zero-order valence-corrected chi connectivity index (χ0v) is 20.6. The van der Waals surface area contributed by atoms with Crippen LogP contribution in [0.3, 0.4) is 0 Å². The topological polar surface area (TPSA) is 99.6 Å². The van der Waals surface area contributed by atoms with E-state index in [0.717, 1.165) is 33.8 Å². The maximum absolute atomic E-state index is 10.4. The van der Waals surface area contributed by atoms with E-state index in [1.165, 1.54) is 0 Å². The molecular formula is C29H22N6O3. The Labute approximate surface area is 217 Å². The molecule has 1 unspecified atom stereocenters. The molecule has 186 valence electrons. The average molecular weight is 503 g/mol. The number of phenols is 1. The number of phenolic OH excluding ortho intramolecular Hbond substituents is 1. The van der Waals surface area contributed by atoms with Crippen LogP contribution in [0.15, 0.2) is 85.2 Å². The minimum Gasteiger partial charge on any atom is -0.507 e. The van der Waals surface area contributed by atoms with Crippen LogP contribution in [0.1, 0.15) is 28.3 Å². The second kappa shape index (κ2) is 8.45. The number of methoxy groups -OCH3 is 1. The number of para-hydroxylation sites is 3. The molecule has 0 bridgehead atoms. The average Bonchev–Trinajstić information content (AvgIpc) is 3.54. The van der Waals surface area contributed by atoms with Gasteiger partial charge in [-0.25, -0.2) is 19.2 Å². The first-order chi connectivity index (χ1) is 18.6. The lowest BCUT2D eigenvalue weighted by molar-refractivity contribution is 0.393. The summed E-state index contributed by atoms with van der Waals surface area (Å²) in [4.78, 5) is 9.50. The fraction of sp³-hybridized carbons (Fsp3) is 0.103. The van der Waals surface area contributed by atoms with Gasteiger partial charge in [0.15, 0.2) is 11.5 Å². The molecule has 38 heavy (non-hydrogen) atoms. The predicted octanol–water partition coefficient (Wildman–Crippen LogP) is 5.29. The largest absolute Gasteiger partial charge is 0.507 e. The number of ether oxygens (including phenoxy) is 2. The Morgan fingerprint density at radius 1 is 0.895 bits per heavy atom. The van der Waals surface area contributed by atoms with E-state index in [2.05, 4.69) is 10.1 Å². The van der Waals surface area contributed by atoms with Crippen molar-refractivity contribution in [1.82, 2.24) is 29.4 Å². The Balaban J connectivity index is 1.52. The van der Waals surface area contributed by atoms with E-state index in [4.69, 9.17) is 19.6 Å². The van der Waals surface area contributed by atoms with Crippen molar-refractivity contribution in [2.45, 2.75) is 12.8 Å². The first-order valence-corrected chi connectivity index (χ1v) is 12.1. The maximum atomic E-state index is 10.4. The van der Waals surface area contributed by atoms with Crippen molar-refractivity contribution in [2.75, 3.05) is 7.11 Å². The van der Waals surface area contributed by atoms with Crippen molar-refractivity contribution in [1.29, 1.82) is 0 Å². The van der Waals surface area contributed by atoms with Gasteiger partial charge >= 0.3 is 0 Å². The second-order valence-corrected chi connectivity index (χ2v) is 9.01. The highest BCUT2D eigenvalue weighted by atomic mass is 16.5. The summed E-state index contributed by atoms with van der Waals surface area (Å²) in [5, 5.41) is 19.9. The molecule has 1 N–H and O–H groups in total. The highest BCUT2D eigenvalue weighted by Gasteiger charge is 2.39. The van der Waals surface area contributed by atoms with Crippen LogP contribution in [-0.4, -0.2) is 41.6 Å². The number of hydrogen-bond donors (Lipinski definition) is 1. The van der Waals surface area contributed by atoms with Crippen LogP contribution in [0.2, 0.25) is 0 Å². The summed E-state index contributed by atoms with van der Waals surface area (Å²) < 4.78 is 15.7. The highest BCUT2D eigenvalue weighted by molar-refractivity contribution is 5.71. The maximum Gasteiger partial charge on any atom is 0.230 e. The zero-order chi connectivity index (χ0) is 25.8. The number of hydrogen-bond acceptors (Lipinski definition) is 7. The summed E-state index contributed by atoms with van der Waals surface area (Å²) in [5.41, 5.74) is 5.36. The molecule has 1 aliphatic heterocycles. The summed E-state index contributed by atoms with van der Waals surface area (Å²) in [6.07, 6.45) is 1.57. The van der Waals surface area contributed by atoms with Crippen LogP contribution < -0.4 is 9.47 Å². The van der Waals surface area contributed by atoms with Gasteiger partial charge in [0.05, 0.1) is 41.1 Å². The molecule has 9 nitrogen and oxygen atoms in total. The van der Waals surface area contributed by atoms with E-state index in [9.17, 15) is 5.11 Å². The fourth-order valence-corrected chi connectivity index (χ4v) is 5.12. The van der Waals surface area contributed by atoms with Gasteiger partial charge in [-0.15, -0.1) is 5.10 Å². The van der Waals surface area contributed by atoms with E-state index >= 15 is 0 Å². The van der Waals surface area contributed by atoms with Crippen molar-refractivity contribution in [3.05, 3.63) is 108 Å². The van der Waals surface area contributed by atoms with Crippen molar-refractivity contribution in [2.24, 2.45) is 0 Å². The molecule has 6 aromatic rings. The zero-order valence-electron chi connectivity index (χ0n) is 20.6. The van der Waals surface area contributed by atoms with E-state index in [1.54, 1.807) is 40.8 Å². The number of benzene rings is 3. The third-order valence-corrected chi connectivity index (χ3v) is 6.82. The van der Waals surface area contributed by atoms with Gasteiger partial charge in [-0.05, 0) is 37.3 Å². The van der Waals surface area contributed by atoms with Gasteiger partial charge in [0.25, 0.3) is 0 Å². The standard InChI is InChI=1S/C29H22N6O3/c1-17-23-24(20-13-7-9-15-22(20)37-2)25-27-31-26(19-12-6-8-14-21(19)36)33-34(27)16-30-28(25)38-29(23)35(32-17)18-10-4-3-5-11-18/h3-16,24,36H,1-2H3. The number of rotatable bonds is 4. The van der Waals surface area contributed by atoms with E-state index in [0.29, 0.717) is 28.8 Å². The van der Waals surface area contributed by atoms with Crippen LogP contribution in [0.25, 0.3) is 22.7 Å². The van der Waals surface area contributed by atoms with Gasteiger partial charge in [0.1, 0.15) is 17.8 Å². The van der Waals surface area contributed by atoms with Crippen molar-refractivity contribution >= 4 is 5.65 Å². The molecule has 3 aromatic heterocycles. The predicted molar refractivity (Wildman–Crippen MR) is 140 cm³/mol. The number of aromatic hydroxyl groups is 1. The molecular weight excluding hydrogens is 480 g/mol. The van der Waals surface area contributed by atoms with Gasteiger partial charge < -0.3 is 14.6 Å². The molecule has 1 atom stereocenters. The minimum atomic E-state index is -0.347. The lowest BCUT2D eigenvalue weighted by Gasteiger charge is -2.27. The van der Waals surface area contributed by atoms with Crippen LogP contribution in [-0.2, 0) is 0 Å². The molecule has 0 radical (unpaired) electrons. The smallest absolute Gasteiger partial charge is 0.230 e. The van der Waals surface area contributed by atoms with Gasteiger partial charge in [-0.3, -0.25) is 0 Å². The van der Waals surface area contributed by atoms with Gasteiger partial charge in [-0.2, -0.15) is 5.10 Å². The third-order valence-electron chi connectivity index (χ3n) is 6.82. The van der Waals surface area contributed by atoms with Gasteiger partial charge in [0, 0.05) is 5.56 Å². The minimum absolute atomic E-state index is 0.102. The lowest BCUT2D eigenvalue weighted by atomic mass is 9.84. The Morgan fingerprint density at radius 2 is 1.66 bits per heavy atom. The number of nitrogens with zero attached hydrogens (tertiary/aromatic N) is 6. The van der Waals surface area contributed by atoms with Crippen LogP contribution in [0, 0.1) is 6.92 Å². The molecule has 0 spiro atoms. The summed E-state index contributed by atoms with van der Waals surface area (Å²) >= 11 is 0. The van der Waals surface area contributed by atoms with Gasteiger partial charge in [-0.1, -0.05) is 48.5 Å². The summed E-state index contributed by atoms with van der Waals surface area (Å²) in [5.74, 6) is 1.87. The van der Waals surface area contributed by atoms with E-state index in [-0.39, 0.29) is 11.7 Å². The first-order valence-electron chi connectivity index (χ1n) is 12.1. The summed E-state index contributed by atoms with van der Waals surface area (Å²) in [7, 11) is 1.66. The van der Waals surface area contributed by atoms with E-state index in [1.807, 2.05) is 67.6 Å². The Bertz CT molecular complexity index is 1830. The highest BCUT2D eigenvalue weighted by Crippen LogP contribution is 2.51. The normalized spacial score (nSPS) is 14.1. The Morgan fingerprint density at radius 3 is 2.47 bits per heavy atom. The Kier molecular flexibility index (Phi) is 4.90. The molecule has 0 fully saturated rings. The van der Waals surface area contributed by atoms with Crippen molar-refractivity contribution in [3.8, 4) is 40.3 Å². The second-order valence-electron chi connectivity index (χ2n) is 9.01. The molecule has 0 saturated carbocycles. The number of aryl methyl sites for hydroxylation is 1. The molecule has 4 heterocycles. The third kappa shape index (κ3) is 3.25.